The van der Waals surface area contributed by atoms with Crippen molar-refractivity contribution >= 4 is 5.91 Å². The third-order valence-electron chi connectivity index (χ3n) is 5.03. The second-order valence-electron chi connectivity index (χ2n) is 7.55. The smallest absolute Gasteiger partial charge is 0.273 e. The van der Waals surface area contributed by atoms with Crippen LogP contribution in [0.15, 0.2) is 18.3 Å². The minimum absolute atomic E-state index is 0.0655. The molecule has 1 fully saturated rings. The topological polar surface area (TPSA) is 73.1 Å². The van der Waals surface area contributed by atoms with Crippen LogP contribution in [0, 0.1) is 5.92 Å². The fraction of sp³-hybridized carbons (Fsp3) is 0.579. The molecular formula is C19H25N5O2. The van der Waals surface area contributed by atoms with E-state index in [-0.39, 0.29) is 11.9 Å². The van der Waals surface area contributed by atoms with Crippen molar-refractivity contribution < 1.29 is 9.53 Å². The van der Waals surface area contributed by atoms with Gasteiger partial charge >= 0.3 is 0 Å². The van der Waals surface area contributed by atoms with Crippen LogP contribution in [0.3, 0.4) is 0 Å². The van der Waals surface area contributed by atoms with Crippen molar-refractivity contribution in [2.45, 2.75) is 51.6 Å². The number of nitrogens with zero attached hydrogens (tertiary/aromatic N) is 5. The summed E-state index contributed by atoms with van der Waals surface area (Å²) in [6.07, 6.45) is 4.82. The zero-order chi connectivity index (χ0) is 18.3. The van der Waals surface area contributed by atoms with E-state index in [4.69, 9.17) is 14.8 Å². The molecule has 0 N–H and O–H groups in total. The number of aromatic nitrogens is 4. The molecule has 0 spiro atoms. The molecule has 1 amide bonds. The van der Waals surface area contributed by atoms with E-state index in [0.717, 1.165) is 18.1 Å². The summed E-state index contributed by atoms with van der Waals surface area (Å²) in [6.45, 7) is 5.64. The first-order valence-electron chi connectivity index (χ1n) is 9.32. The zero-order valence-electron chi connectivity index (χ0n) is 15.6. The number of methoxy groups -OCH3 is 1. The van der Waals surface area contributed by atoms with E-state index in [0.29, 0.717) is 36.4 Å². The third kappa shape index (κ3) is 3.18. The Balaban J connectivity index is 1.66. The van der Waals surface area contributed by atoms with Crippen LogP contribution in [0.1, 0.15) is 67.2 Å². The van der Waals surface area contributed by atoms with Gasteiger partial charge in [-0.25, -0.2) is 9.67 Å². The Bertz CT molecular complexity index is 812. The highest BCUT2D eigenvalue weighted by Crippen LogP contribution is 2.40. The molecule has 0 radical (unpaired) electrons. The Morgan fingerprint density at radius 1 is 1.35 bits per heavy atom. The van der Waals surface area contributed by atoms with Crippen molar-refractivity contribution in [2.24, 2.45) is 5.92 Å². The lowest BCUT2D eigenvalue weighted by Crippen LogP contribution is -2.43. The Morgan fingerprint density at radius 2 is 2.15 bits per heavy atom. The number of fused-ring (bicyclic) bond motifs is 1. The molecule has 1 atom stereocenters. The maximum Gasteiger partial charge on any atom is 0.273 e. The molecule has 1 saturated carbocycles. The maximum absolute atomic E-state index is 13.2. The van der Waals surface area contributed by atoms with E-state index in [9.17, 15) is 4.79 Å². The van der Waals surface area contributed by atoms with Crippen LogP contribution in [0.5, 0.6) is 5.75 Å². The standard InChI is InChI=1S/C19H25N5O2/c1-12(2)10-16-18-21-17(13-4-5-13)22-24(18)9-8-23(16)19(25)15-11-14(26-3)6-7-20-15/h6-7,11-13,16H,4-5,8-10H2,1-3H3/t16-/m0/s1. The lowest BCUT2D eigenvalue weighted by atomic mass is 10.00. The predicted molar refractivity (Wildman–Crippen MR) is 96.0 cm³/mol. The molecule has 0 saturated heterocycles. The molecule has 0 unspecified atom stereocenters. The third-order valence-corrected chi connectivity index (χ3v) is 5.03. The monoisotopic (exact) mass is 355 g/mol. The van der Waals surface area contributed by atoms with E-state index >= 15 is 0 Å². The minimum Gasteiger partial charge on any atom is -0.497 e. The highest BCUT2D eigenvalue weighted by atomic mass is 16.5. The Labute approximate surface area is 153 Å². The molecule has 1 aliphatic heterocycles. The van der Waals surface area contributed by atoms with Crippen LogP contribution in [-0.4, -0.2) is 44.2 Å². The molecule has 7 heteroatoms. The summed E-state index contributed by atoms with van der Waals surface area (Å²) in [5.74, 6) is 3.39. The summed E-state index contributed by atoms with van der Waals surface area (Å²) in [7, 11) is 1.59. The average Bonchev–Trinajstić information content (AvgIpc) is 3.40. The van der Waals surface area contributed by atoms with Crippen molar-refractivity contribution in [1.82, 2.24) is 24.6 Å². The molecule has 2 aliphatic rings. The molecule has 26 heavy (non-hydrogen) atoms. The number of hydrogen-bond acceptors (Lipinski definition) is 5. The molecule has 2 aromatic heterocycles. The van der Waals surface area contributed by atoms with Crippen LogP contribution >= 0.6 is 0 Å². The minimum atomic E-state index is -0.0724. The van der Waals surface area contributed by atoms with Gasteiger partial charge in [-0.2, -0.15) is 5.10 Å². The zero-order valence-corrected chi connectivity index (χ0v) is 15.6. The van der Waals surface area contributed by atoms with Crippen LogP contribution < -0.4 is 4.74 Å². The van der Waals surface area contributed by atoms with Gasteiger partial charge in [0.25, 0.3) is 5.91 Å². The van der Waals surface area contributed by atoms with Crippen molar-refractivity contribution in [3.05, 3.63) is 35.7 Å². The predicted octanol–water partition coefficient (Wildman–Crippen LogP) is 2.80. The summed E-state index contributed by atoms with van der Waals surface area (Å²) in [4.78, 5) is 24.2. The number of rotatable bonds is 5. The van der Waals surface area contributed by atoms with Gasteiger partial charge < -0.3 is 9.64 Å². The number of pyridine rings is 1. The summed E-state index contributed by atoms with van der Waals surface area (Å²) < 4.78 is 7.24. The molecule has 0 aromatic carbocycles. The van der Waals surface area contributed by atoms with Gasteiger partial charge in [0.15, 0.2) is 5.82 Å². The lowest BCUT2D eigenvalue weighted by Gasteiger charge is -2.35. The number of amides is 1. The van der Waals surface area contributed by atoms with E-state index in [2.05, 4.69) is 18.8 Å². The van der Waals surface area contributed by atoms with E-state index < -0.39 is 0 Å². The molecular weight excluding hydrogens is 330 g/mol. The second-order valence-corrected chi connectivity index (χ2v) is 7.55. The van der Waals surface area contributed by atoms with Crippen LogP contribution in [-0.2, 0) is 6.54 Å². The molecule has 2 aromatic rings. The summed E-state index contributed by atoms with van der Waals surface area (Å²) in [5, 5.41) is 4.70. The first-order valence-corrected chi connectivity index (χ1v) is 9.32. The van der Waals surface area contributed by atoms with Gasteiger partial charge in [-0.15, -0.1) is 0 Å². The van der Waals surface area contributed by atoms with Gasteiger partial charge in [0.1, 0.15) is 17.3 Å². The Hall–Kier alpha value is -2.44. The van der Waals surface area contributed by atoms with Crippen LogP contribution in [0.25, 0.3) is 0 Å². The van der Waals surface area contributed by atoms with Crippen molar-refractivity contribution in [3.8, 4) is 5.75 Å². The molecule has 1 aliphatic carbocycles. The quantitative estimate of drug-likeness (QED) is 0.824. The van der Waals surface area contributed by atoms with Crippen molar-refractivity contribution in [2.75, 3.05) is 13.7 Å². The normalized spacial score (nSPS) is 19.5. The number of carbonyl (C=O) groups is 1. The van der Waals surface area contributed by atoms with Gasteiger partial charge in [0.05, 0.1) is 19.7 Å². The Kier molecular flexibility index (Phi) is 4.38. The fourth-order valence-corrected chi connectivity index (χ4v) is 3.52. The van der Waals surface area contributed by atoms with Gasteiger partial charge in [-0.1, -0.05) is 13.8 Å². The van der Waals surface area contributed by atoms with Crippen LogP contribution in [0.2, 0.25) is 0 Å². The first-order chi connectivity index (χ1) is 12.6. The summed E-state index contributed by atoms with van der Waals surface area (Å²) in [5.41, 5.74) is 0.411. The van der Waals surface area contributed by atoms with Crippen LogP contribution in [0.4, 0.5) is 0 Å². The average molecular weight is 355 g/mol. The largest absolute Gasteiger partial charge is 0.497 e. The molecule has 3 heterocycles. The Morgan fingerprint density at radius 3 is 2.85 bits per heavy atom. The summed E-state index contributed by atoms with van der Waals surface area (Å²) in [6, 6.07) is 3.38. The van der Waals surface area contributed by atoms with Crippen molar-refractivity contribution in [1.29, 1.82) is 0 Å². The SMILES string of the molecule is COc1ccnc(C(=O)N2CCn3nc(C4CC4)nc3[C@@H]2CC(C)C)c1. The second kappa shape index (κ2) is 6.70. The maximum atomic E-state index is 13.2. The van der Waals surface area contributed by atoms with E-state index in [1.54, 1.807) is 25.4 Å². The van der Waals surface area contributed by atoms with E-state index in [1.807, 2.05) is 9.58 Å². The molecule has 138 valence electrons. The summed E-state index contributed by atoms with van der Waals surface area (Å²) >= 11 is 0. The fourth-order valence-electron chi connectivity index (χ4n) is 3.52. The molecule has 7 nitrogen and oxygen atoms in total. The molecule has 4 rings (SSSR count). The van der Waals surface area contributed by atoms with Gasteiger partial charge in [0.2, 0.25) is 0 Å². The highest BCUT2D eigenvalue weighted by molar-refractivity contribution is 5.93. The molecule has 0 bridgehead atoms. The van der Waals surface area contributed by atoms with E-state index in [1.165, 1.54) is 12.8 Å². The van der Waals surface area contributed by atoms with Gasteiger partial charge in [0, 0.05) is 24.7 Å². The lowest BCUT2D eigenvalue weighted by molar-refractivity contribution is 0.0572. The van der Waals surface area contributed by atoms with Crippen molar-refractivity contribution in [3.63, 3.8) is 0 Å². The number of ether oxygens (including phenoxy) is 1. The number of carbonyl (C=O) groups excluding carboxylic acids is 1. The van der Waals surface area contributed by atoms with Gasteiger partial charge in [-0.05, 0) is 31.2 Å². The highest BCUT2D eigenvalue weighted by Gasteiger charge is 2.37. The first kappa shape index (κ1) is 17.0. The van der Waals surface area contributed by atoms with Gasteiger partial charge in [-0.3, -0.25) is 9.78 Å². The number of hydrogen-bond donors (Lipinski definition) is 0.